The fourth-order valence-electron chi connectivity index (χ4n) is 1.87. The average Bonchev–Trinajstić information content (AvgIpc) is 2.35. The summed E-state index contributed by atoms with van der Waals surface area (Å²) in [5.74, 6) is 0.135. The summed E-state index contributed by atoms with van der Waals surface area (Å²) < 4.78 is 0. The van der Waals surface area contributed by atoms with Gasteiger partial charge in [-0.2, -0.15) is 0 Å². The number of nitrogen functional groups attached to an aromatic ring is 1. The molecule has 1 aromatic rings. The molecule has 0 saturated heterocycles. The second-order valence-corrected chi connectivity index (χ2v) is 4.85. The Morgan fingerprint density at radius 2 is 2.00 bits per heavy atom. The second kappa shape index (κ2) is 7.75. The van der Waals surface area contributed by atoms with Crippen LogP contribution in [0.5, 0.6) is 0 Å². The first-order chi connectivity index (χ1) is 8.61. The molecule has 0 radical (unpaired) electrons. The van der Waals surface area contributed by atoms with Gasteiger partial charge in [-0.05, 0) is 37.5 Å². The first-order valence-corrected chi connectivity index (χ1v) is 6.75. The molecule has 1 amide bonds. The molecule has 0 aliphatic heterocycles. The summed E-state index contributed by atoms with van der Waals surface area (Å²) in [5, 5.41) is 3.03. The minimum atomic E-state index is 0.135. The molecule has 3 N–H and O–H groups in total. The molecule has 100 valence electrons. The number of amides is 1. The maximum absolute atomic E-state index is 11.7. The molecule has 0 aromatic heterocycles. The third kappa shape index (κ3) is 5.71. The topological polar surface area (TPSA) is 55.1 Å². The Kier molecular flexibility index (Phi) is 6.26. The van der Waals surface area contributed by atoms with Crippen LogP contribution in [-0.2, 0) is 11.2 Å². The molecule has 1 rings (SSSR count). The van der Waals surface area contributed by atoms with E-state index < -0.39 is 0 Å². The van der Waals surface area contributed by atoms with E-state index in [9.17, 15) is 4.79 Å². The van der Waals surface area contributed by atoms with E-state index in [1.54, 1.807) is 0 Å². The van der Waals surface area contributed by atoms with E-state index >= 15 is 0 Å². The van der Waals surface area contributed by atoms with Crippen molar-refractivity contribution in [3.05, 3.63) is 29.8 Å². The zero-order chi connectivity index (χ0) is 13.4. The lowest BCUT2D eigenvalue weighted by molar-refractivity contribution is -0.121. The van der Waals surface area contributed by atoms with Gasteiger partial charge in [0.25, 0.3) is 0 Å². The van der Waals surface area contributed by atoms with Gasteiger partial charge in [-0.1, -0.05) is 31.9 Å². The summed E-state index contributed by atoms with van der Waals surface area (Å²) in [7, 11) is 0. The standard InChI is InChI=1S/C15H24N2O/c1-3-4-5-12(2)17-15(18)11-8-13-6-9-14(16)10-7-13/h6-7,9-10,12H,3-5,8,11,16H2,1-2H3,(H,17,18). The van der Waals surface area contributed by atoms with Gasteiger partial charge in [0.05, 0.1) is 0 Å². The van der Waals surface area contributed by atoms with E-state index in [1.807, 2.05) is 24.3 Å². The fourth-order valence-corrected chi connectivity index (χ4v) is 1.87. The van der Waals surface area contributed by atoms with Gasteiger partial charge in [0.15, 0.2) is 0 Å². The van der Waals surface area contributed by atoms with E-state index in [4.69, 9.17) is 5.73 Å². The van der Waals surface area contributed by atoms with Crippen LogP contribution in [0.25, 0.3) is 0 Å². The predicted octanol–water partition coefficient (Wildman–Crippen LogP) is 2.90. The average molecular weight is 248 g/mol. The smallest absolute Gasteiger partial charge is 0.220 e. The quantitative estimate of drug-likeness (QED) is 0.729. The van der Waals surface area contributed by atoms with Crippen LogP contribution < -0.4 is 11.1 Å². The molecule has 0 aliphatic rings. The summed E-state index contributed by atoms with van der Waals surface area (Å²) >= 11 is 0. The molecular formula is C15H24N2O. The maximum atomic E-state index is 11.7. The van der Waals surface area contributed by atoms with Crippen molar-refractivity contribution in [2.45, 2.75) is 52.0 Å². The predicted molar refractivity (Wildman–Crippen MR) is 76.3 cm³/mol. The van der Waals surface area contributed by atoms with Crippen molar-refractivity contribution in [3.8, 4) is 0 Å². The lowest BCUT2D eigenvalue weighted by atomic mass is 10.1. The molecule has 0 fully saturated rings. The molecule has 0 spiro atoms. The molecule has 1 atom stereocenters. The summed E-state index contributed by atoms with van der Waals surface area (Å²) in [4.78, 5) is 11.7. The van der Waals surface area contributed by atoms with Crippen LogP contribution in [0.15, 0.2) is 24.3 Å². The Bertz CT molecular complexity index is 359. The van der Waals surface area contributed by atoms with Crippen LogP contribution in [0.2, 0.25) is 0 Å². The lowest BCUT2D eigenvalue weighted by Crippen LogP contribution is -2.32. The number of hydrogen-bond donors (Lipinski definition) is 2. The largest absolute Gasteiger partial charge is 0.399 e. The van der Waals surface area contributed by atoms with Crippen LogP contribution in [0.3, 0.4) is 0 Å². The number of aryl methyl sites for hydroxylation is 1. The van der Waals surface area contributed by atoms with Gasteiger partial charge in [-0.25, -0.2) is 0 Å². The molecule has 18 heavy (non-hydrogen) atoms. The highest BCUT2D eigenvalue weighted by molar-refractivity contribution is 5.76. The summed E-state index contributed by atoms with van der Waals surface area (Å²) in [5.41, 5.74) is 7.53. The van der Waals surface area contributed by atoms with Gasteiger partial charge in [-0.3, -0.25) is 4.79 Å². The SMILES string of the molecule is CCCCC(C)NC(=O)CCc1ccc(N)cc1. The van der Waals surface area contributed by atoms with Crippen molar-refractivity contribution in [2.24, 2.45) is 0 Å². The maximum Gasteiger partial charge on any atom is 0.220 e. The van der Waals surface area contributed by atoms with Crippen molar-refractivity contribution < 1.29 is 4.79 Å². The van der Waals surface area contributed by atoms with Crippen molar-refractivity contribution in [2.75, 3.05) is 5.73 Å². The van der Waals surface area contributed by atoms with Crippen molar-refractivity contribution in [3.63, 3.8) is 0 Å². The number of nitrogens with one attached hydrogen (secondary N) is 1. The highest BCUT2D eigenvalue weighted by atomic mass is 16.1. The molecule has 0 aliphatic carbocycles. The second-order valence-electron chi connectivity index (χ2n) is 4.85. The lowest BCUT2D eigenvalue weighted by Gasteiger charge is -2.13. The fraction of sp³-hybridized carbons (Fsp3) is 0.533. The molecule has 0 saturated carbocycles. The van der Waals surface area contributed by atoms with Crippen molar-refractivity contribution in [1.82, 2.24) is 5.32 Å². The van der Waals surface area contributed by atoms with E-state index in [0.717, 1.165) is 24.1 Å². The molecular weight excluding hydrogens is 224 g/mol. The van der Waals surface area contributed by atoms with E-state index in [0.29, 0.717) is 6.42 Å². The first kappa shape index (κ1) is 14.6. The Hall–Kier alpha value is -1.51. The van der Waals surface area contributed by atoms with E-state index in [-0.39, 0.29) is 11.9 Å². The van der Waals surface area contributed by atoms with Gasteiger partial charge in [-0.15, -0.1) is 0 Å². The van der Waals surface area contributed by atoms with Gasteiger partial charge >= 0.3 is 0 Å². The molecule has 3 heteroatoms. The highest BCUT2D eigenvalue weighted by Gasteiger charge is 2.06. The molecule has 1 unspecified atom stereocenters. The Morgan fingerprint density at radius 1 is 1.33 bits per heavy atom. The zero-order valence-electron chi connectivity index (χ0n) is 11.4. The van der Waals surface area contributed by atoms with Gasteiger partial charge in [0.2, 0.25) is 5.91 Å². The number of unbranched alkanes of at least 4 members (excludes halogenated alkanes) is 1. The number of benzene rings is 1. The molecule has 1 aromatic carbocycles. The van der Waals surface area contributed by atoms with Crippen LogP contribution in [-0.4, -0.2) is 11.9 Å². The third-order valence-electron chi connectivity index (χ3n) is 3.02. The third-order valence-corrected chi connectivity index (χ3v) is 3.02. The van der Waals surface area contributed by atoms with Gasteiger partial charge < -0.3 is 11.1 Å². The normalized spacial score (nSPS) is 12.1. The summed E-state index contributed by atoms with van der Waals surface area (Å²) in [6, 6.07) is 7.98. The number of anilines is 1. The number of rotatable bonds is 7. The first-order valence-electron chi connectivity index (χ1n) is 6.75. The number of nitrogens with two attached hydrogens (primary N) is 1. The molecule has 0 bridgehead atoms. The monoisotopic (exact) mass is 248 g/mol. The van der Waals surface area contributed by atoms with Crippen molar-refractivity contribution >= 4 is 11.6 Å². The number of hydrogen-bond acceptors (Lipinski definition) is 2. The Morgan fingerprint density at radius 3 is 2.61 bits per heavy atom. The van der Waals surface area contributed by atoms with Crippen molar-refractivity contribution in [1.29, 1.82) is 0 Å². The summed E-state index contributed by atoms with van der Waals surface area (Å²) in [6.45, 7) is 4.23. The van der Waals surface area contributed by atoms with Crippen LogP contribution in [0.1, 0.15) is 45.1 Å². The minimum Gasteiger partial charge on any atom is -0.399 e. The van der Waals surface area contributed by atoms with Crippen LogP contribution in [0.4, 0.5) is 5.69 Å². The Labute approximate surface area is 110 Å². The van der Waals surface area contributed by atoms with Crippen LogP contribution >= 0.6 is 0 Å². The highest BCUT2D eigenvalue weighted by Crippen LogP contribution is 2.08. The Balaban J connectivity index is 2.26. The van der Waals surface area contributed by atoms with Crippen LogP contribution in [0, 0.1) is 0 Å². The molecule has 0 heterocycles. The van der Waals surface area contributed by atoms with Gasteiger partial charge in [0.1, 0.15) is 0 Å². The van der Waals surface area contributed by atoms with E-state index in [2.05, 4.69) is 19.2 Å². The number of carbonyl (C=O) groups is 1. The number of carbonyl (C=O) groups excluding carboxylic acids is 1. The van der Waals surface area contributed by atoms with E-state index in [1.165, 1.54) is 12.8 Å². The zero-order valence-corrected chi connectivity index (χ0v) is 11.4. The summed E-state index contributed by atoms with van der Waals surface area (Å²) in [6.07, 6.45) is 4.71. The molecule has 3 nitrogen and oxygen atoms in total. The minimum absolute atomic E-state index is 0.135. The van der Waals surface area contributed by atoms with Gasteiger partial charge in [0, 0.05) is 18.2 Å².